The van der Waals surface area contributed by atoms with Crippen LogP contribution in [0.15, 0.2) is 18.2 Å². The maximum atomic E-state index is 13.5. The van der Waals surface area contributed by atoms with Gasteiger partial charge in [-0.05, 0) is 25.0 Å². The Balaban J connectivity index is 2.36. The number of benzene rings is 1. The van der Waals surface area contributed by atoms with Crippen LogP contribution in [-0.4, -0.2) is 17.3 Å². The second-order valence-corrected chi connectivity index (χ2v) is 4.78. The molecule has 1 saturated heterocycles. The van der Waals surface area contributed by atoms with Crippen molar-refractivity contribution in [2.45, 2.75) is 17.7 Å². The van der Waals surface area contributed by atoms with E-state index in [1.807, 2.05) is 0 Å². The SMILES string of the molecule is O=C1C(Br)CCCN1c1cccc(F)c1F. The molecule has 1 fully saturated rings. The van der Waals surface area contributed by atoms with Gasteiger partial charge in [-0.15, -0.1) is 0 Å². The number of hydrogen-bond acceptors (Lipinski definition) is 1. The normalized spacial score (nSPS) is 21.3. The number of rotatable bonds is 1. The highest BCUT2D eigenvalue weighted by Crippen LogP contribution is 2.27. The Morgan fingerprint density at radius 1 is 1.38 bits per heavy atom. The Morgan fingerprint density at radius 3 is 2.88 bits per heavy atom. The van der Waals surface area contributed by atoms with Gasteiger partial charge in [-0.3, -0.25) is 4.79 Å². The van der Waals surface area contributed by atoms with Crippen molar-refractivity contribution >= 4 is 27.5 Å². The van der Waals surface area contributed by atoms with Gasteiger partial charge in [0, 0.05) is 6.54 Å². The van der Waals surface area contributed by atoms with E-state index in [1.54, 1.807) is 0 Å². The van der Waals surface area contributed by atoms with Crippen molar-refractivity contribution in [2.75, 3.05) is 11.4 Å². The number of halogens is 3. The summed E-state index contributed by atoms with van der Waals surface area (Å²) >= 11 is 3.23. The fraction of sp³-hybridized carbons (Fsp3) is 0.364. The molecule has 1 aliphatic heterocycles. The lowest BCUT2D eigenvalue weighted by Crippen LogP contribution is -2.42. The molecule has 0 spiro atoms. The highest BCUT2D eigenvalue weighted by atomic mass is 79.9. The lowest BCUT2D eigenvalue weighted by molar-refractivity contribution is -0.118. The van der Waals surface area contributed by atoms with E-state index in [4.69, 9.17) is 0 Å². The smallest absolute Gasteiger partial charge is 0.240 e. The van der Waals surface area contributed by atoms with Crippen molar-refractivity contribution in [2.24, 2.45) is 0 Å². The number of amides is 1. The Labute approximate surface area is 100 Å². The molecular weight excluding hydrogens is 280 g/mol. The topological polar surface area (TPSA) is 20.3 Å². The van der Waals surface area contributed by atoms with Crippen molar-refractivity contribution in [3.63, 3.8) is 0 Å². The minimum absolute atomic E-state index is 0.0224. The zero-order valence-electron chi connectivity index (χ0n) is 8.42. The van der Waals surface area contributed by atoms with Gasteiger partial charge in [-0.25, -0.2) is 8.78 Å². The Kier molecular flexibility index (Phi) is 3.23. The summed E-state index contributed by atoms with van der Waals surface area (Å²) in [6.07, 6.45) is 1.50. The first-order valence-corrected chi connectivity index (χ1v) is 5.92. The molecule has 1 aromatic carbocycles. The zero-order valence-corrected chi connectivity index (χ0v) is 10.0. The van der Waals surface area contributed by atoms with Crippen LogP contribution in [0, 0.1) is 11.6 Å². The van der Waals surface area contributed by atoms with Crippen LogP contribution in [0.2, 0.25) is 0 Å². The molecule has 0 aromatic heterocycles. The molecule has 1 heterocycles. The highest BCUT2D eigenvalue weighted by Gasteiger charge is 2.29. The third-order valence-corrected chi connectivity index (χ3v) is 3.44. The molecule has 1 unspecified atom stereocenters. The molecule has 1 atom stereocenters. The second-order valence-electron chi connectivity index (χ2n) is 3.67. The van der Waals surface area contributed by atoms with Crippen LogP contribution >= 0.6 is 15.9 Å². The summed E-state index contributed by atoms with van der Waals surface area (Å²) in [6.45, 7) is 0.432. The summed E-state index contributed by atoms with van der Waals surface area (Å²) in [4.78, 5) is 12.8. The monoisotopic (exact) mass is 289 g/mol. The molecule has 2 nitrogen and oxygen atoms in total. The third-order valence-electron chi connectivity index (χ3n) is 2.60. The predicted octanol–water partition coefficient (Wildman–Crippen LogP) is 2.86. The zero-order chi connectivity index (χ0) is 11.7. The van der Waals surface area contributed by atoms with E-state index in [0.717, 1.165) is 18.9 Å². The van der Waals surface area contributed by atoms with Crippen molar-refractivity contribution in [3.05, 3.63) is 29.8 Å². The van der Waals surface area contributed by atoms with Crippen molar-refractivity contribution in [1.82, 2.24) is 0 Å². The summed E-state index contributed by atoms with van der Waals surface area (Å²) in [5.74, 6) is -2.10. The van der Waals surface area contributed by atoms with E-state index in [9.17, 15) is 13.6 Å². The molecule has 1 aromatic rings. The number of carbonyl (C=O) groups is 1. The molecule has 0 bridgehead atoms. The molecule has 1 amide bonds. The van der Waals surface area contributed by atoms with E-state index in [-0.39, 0.29) is 16.4 Å². The Hall–Kier alpha value is -0.970. The molecule has 0 N–H and O–H groups in total. The number of piperidine rings is 1. The van der Waals surface area contributed by atoms with E-state index < -0.39 is 11.6 Å². The van der Waals surface area contributed by atoms with Gasteiger partial charge in [0.2, 0.25) is 5.91 Å². The lowest BCUT2D eigenvalue weighted by atomic mass is 10.1. The number of alkyl halides is 1. The third kappa shape index (κ3) is 1.96. The van der Waals surface area contributed by atoms with Gasteiger partial charge in [0.1, 0.15) is 0 Å². The quantitative estimate of drug-likeness (QED) is 0.728. The molecule has 2 rings (SSSR count). The molecule has 86 valence electrons. The van der Waals surface area contributed by atoms with E-state index in [1.165, 1.54) is 17.0 Å². The minimum atomic E-state index is -0.961. The van der Waals surface area contributed by atoms with Crippen LogP contribution in [0.3, 0.4) is 0 Å². The van der Waals surface area contributed by atoms with Crippen molar-refractivity contribution in [1.29, 1.82) is 0 Å². The van der Waals surface area contributed by atoms with E-state index in [0.29, 0.717) is 6.54 Å². The molecule has 1 aliphatic rings. The van der Waals surface area contributed by atoms with Crippen LogP contribution in [0.5, 0.6) is 0 Å². The maximum Gasteiger partial charge on any atom is 0.240 e. The summed E-state index contributed by atoms with van der Waals surface area (Å²) < 4.78 is 26.5. The largest absolute Gasteiger partial charge is 0.309 e. The summed E-state index contributed by atoms with van der Waals surface area (Å²) in [6, 6.07) is 3.86. The molecule has 5 heteroatoms. The van der Waals surface area contributed by atoms with Gasteiger partial charge < -0.3 is 4.90 Å². The molecule has 0 aliphatic carbocycles. The second kappa shape index (κ2) is 4.49. The highest BCUT2D eigenvalue weighted by molar-refractivity contribution is 9.10. The number of anilines is 1. The van der Waals surface area contributed by atoms with Crippen LogP contribution in [0.25, 0.3) is 0 Å². The van der Waals surface area contributed by atoms with Gasteiger partial charge in [-0.1, -0.05) is 22.0 Å². The van der Waals surface area contributed by atoms with Gasteiger partial charge in [0.15, 0.2) is 11.6 Å². The summed E-state index contributed by atoms with van der Waals surface area (Å²) in [5, 5.41) is 0. The van der Waals surface area contributed by atoms with Gasteiger partial charge in [0.05, 0.1) is 10.5 Å². The van der Waals surface area contributed by atoms with Crippen LogP contribution < -0.4 is 4.90 Å². The van der Waals surface area contributed by atoms with Crippen LogP contribution in [-0.2, 0) is 4.79 Å². The molecule has 16 heavy (non-hydrogen) atoms. The van der Waals surface area contributed by atoms with Gasteiger partial charge >= 0.3 is 0 Å². The first kappa shape index (κ1) is 11.5. The molecule has 0 saturated carbocycles. The predicted molar refractivity (Wildman–Crippen MR) is 60.7 cm³/mol. The standard InChI is InChI=1S/C11H10BrF2NO/c12-7-3-2-6-15(11(7)16)9-5-1-4-8(13)10(9)14/h1,4-5,7H,2-3,6H2. The molecular formula is C11H10BrF2NO. The number of carbonyl (C=O) groups excluding carboxylic acids is 1. The lowest BCUT2D eigenvalue weighted by Gasteiger charge is -2.30. The number of hydrogen-bond donors (Lipinski definition) is 0. The van der Waals surface area contributed by atoms with E-state index in [2.05, 4.69) is 15.9 Å². The average molecular weight is 290 g/mol. The molecule has 0 radical (unpaired) electrons. The maximum absolute atomic E-state index is 13.5. The van der Waals surface area contributed by atoms with Crippen molar-refractivity contribution < 1.29 is 13.6 Å². The van der Waals surface area contributed by atoms with Crippen molar-refractivity contribution in [3.8, 4) is 0 Å². The average Bonchev–Trinajstić information content (AvgIpc) is 2.27. The Morgan fingerprint density at radius 2 is 2.12 bits per heavy atom. The Bertz CT molecular complexity index is 424. The fourth-order valence-electron chi connectivity index (χ4n) is 1.77. The summed E-state index contributed by atoms with van der Waals surface area (Å²) in [5.41, 5.74) is 0.0224. The number of nitrogens with zero attached hydrogens (tertiary/aromatic N) is 1. The van der Waals surface area contributed by atoms with Crippen LogP contribution in [0.1, 0.15) is 12.8 Å². The van der Waals surface area contributed by atoms with Gasteiger partial charge in [-0.2, -0.15) is 0 Å². The summed E-state index contributed by atoms with van der Waals surface area (Å²) in [7, 11) is 0. The first-order valence-electron chi connectivity index (χ1n) is 5.00. The van der Waals surface area contributed by atoms with E-state index >= 15 is 0 Å². The fourth-order valence-corrected chi connectivity index (χ4v) is 2.34. The van der Waals surface area contributed by atoms with Gasteiger partial charge in [0.25, 0.3) is 0 Å². The first-order chi connectivity index (χ1) is 7.61. The van der Waals surface area contributed by atoms with Crippen LogP contribution in [0.4, 0.5) is 14.5 Å². The minimum Gasteiger partial charge on any atom is -0.309 e.